The van der Waals surface area contributed by atoms with E-state index in [-0.39, 0.29) is 29.1 Å². The molecule has 1 aliphatic carbocycles. The number of carbonyl (C=O) groups excluding carboxylic acids is 2. The van der Waals surface area contributed by atoms with Crippen LogP contribution in [0.1, 0.15) is 83.8 Å². The SMILES string of the molecule is CC[C@@H](C)n1cc(C(=O)NC2Cc3ccccc3C2)c(=O)c(C(=O)N2CCCCCC2)c1. The quantitative estimate of drug-likeness (QED) is 0.778. The van der Waals surface area contributed by atoms with Gasteiger partial charge in [0.25, 0.3) is 11.8 Å². The second-order valence-electron chi connectivity index (χ2n) is 9.17. The number of carbonyl (C=O) groups is 2. The Labute approximate surface area is 189 Å². The summed E-state index contributed by atoms with van der Waals surface area (Å²) in [5.41, 5.74) is 2.17. The van der Waals surface area contributed by atoms with Gasteiger partial charge in [-0.1, -0.05) is 44.0 Å². The van der Waals surface area contributed by atoms with E-state index in [1.807, 2.05) is 23.6 Å². The van der Waals surface area contributed by atoms with Crippen LogP contribution in [0.5, 0.6) is 0 Å². The van der Waals surface area contributed by atoms with Crippen LogP contribution in [0.4, 0.5) is 0 Å². The van der Waals surface area contributed by atoms with Gasteiger partial charge in [0.15, 0.2) is 0 Å². The Morgan fingerprint density at radius 1 is 1.00 bits per heavy atom. The predicted molar refractivity (Wildman–Crippen MR) is 125 cm³/mol. The molecule has 2 heterocycles. The summed E-state index contributed by atoms with van der Waals surface area (Å²) in [6, 6.07) is 8.21. The molecule has 0 unspecified atom stereocenters. The van der Waals surface area contributed by atoms with Crippen LogP contribution in [-0.2, 0) is 12.8 Å². The van der Waals surface area contributed by atoms with Gasteiger partial charge in [0.05, 0.1) is 0 Å². The fraction of sp³-hybridized carbons (Fsp3) is 0.500. The van der Waals surface area contributed by atoms with Crippen molar-refractivity contribution in [3.63, 3.8) is 0 Å². The van der Waals surface area contributed by atoms with Gasteiger partial charge in [-0.3, -0.25) is 14.4 Å². The first-order valence-corrected chi connectivity index (χ1v) is 11.9. The molecule has 2 amide bonds. The maximum absolute atomic E-state index is 13.3. The van der Waals surface area contributed by atoms with Crippen LogP contribution in [0.25, 0.3) is 0 Å². The summed E-state index contributed by atoms with van der Waals surface area (Å²) in [4.78, 5) is 41.6. The zero-order chi connectivity index (χ0) is 22.7. The van der Waals surface area contributed by atoms with Crippen molar-refractivity contribution in [2.24, 2.45) is 0 Å². The lowest BCUT2D eigenvalue weighted by Gasteiger charge is -2.22. The minimum atomic E-state index is -0.466. The van der Waals surface area contributed by atoms with E-state index in [2.05, 4.69) is 24.4 Å². The molecular formula is C26H33N3O3. The highest BCUT2D eigenvalue weighted by molar-refractivity contribution is 5.99. The van der Waals surface area contributed by atoms with Gasteiger partial charge in [-0.05, 0) is 50.2 Å². The number of fused-ring (bicyclic) bond motifs is 1. The molecule has 0 radical (unpaired) electrons. The van der Waals surface area contributed by atoms with Gasteiger partial charge in [-0.2, -0.15) is 0 Å². The summed E-state index contributed by atoms with van der Waals surface area (Å²) in [5, 5.41) is 3.05. The van der Waals surface area contributed by atoms with Crippen molar-refractivity contribution < 1.29 is 9.59 Å². The van der Waals surface area contributed by atoms with Gasteiger partial charge >= 0.3 is 0 Å². The second-order valence-corrected chi connectivity index (χ2v) is 9.17. The normalized spacial score (nSPS) is 17.5. The van der Waals surface area contributed by atoms with Crippen molar-refractivity contribution in [1.29, 1.82) is 0 Å². The third kappa shape index (κ3) is 4.64. The van der Waals surface area contributed by atoms with E-state index in [0.29, 0.717) is 13.1 Å². The summed E-state index contributed by atoms with van der Waals surface area (Å²) in [7, 11) is 0. The van der Waals surface area contributed by atoms with Gasteiger partial charge in [0.2, 0.25) is 5.43 Å². The number of amides is 2. The van der Waals surface area contributed by atoms with Crippen molar-refractivity contribution >= 4 is 11.8 Å². The summed E-state index contributed by atoms with van der Waals surface area (Å²) >= 11 is 0. The number of rotatable bonds is 5. The topological polar surface area (TPSA) is 71.4 Å². The maximum Gasteiger partial charge on any atom is 0.259 e. The molecule has 1 aromatic heterocycles. The molecule has 170 valence electrons. The summed E-state index contributed by atoms with van der Waals surface area (Å²) < 4.78 is 1.85. The first-order valence-electron chi connectivity index (χ1n) is 11.9. The molecule has 2 aromatic rings. The highest BCUT2D eigenvalue weighted by atomic mass is 16.2. The Balaban J connectivity index is 1.62. The van der Waals surface area contributed by atoms with Crippen LogP contribution in [0.15, 0.2) is 41.5 Å². The number of likely N-dealkylation sites (tertiary alicyclic amines) is 1. The Bertz CT molecular complexity index is 1030. The van der Waals surface area contributed by atoms with E-state index >= 15 is 0 Å². The molecule has 6 nitrogen and oxygen atoms in total. The van der Waals surface area contributed by atoms with Crippen LogP contribution in [0.3, 0.4) is 0 Å². The molecule has 6 heteroatoms. The molecule has 1 saturated heterocycles. The van der Waals surface area contributed by atoms with Crippen LogP contribution in [0, 0.1) is 0 Å². The fourth-order valence-electron chi connectivity index (χ4n) is 4.75. The van der Waals surface area contributed by atoms with Gasteiger partial charge in [-0.25, -0.2) is 0 Å². The summed E-state index contributed by atoms with van der Waals surface area (Å²) in [5.74, 6) is -0.646. The average molecular weight is 436 g/mol. The van der Waals surface area contributed by atoms with Crippen molar-refractivity contribution in [2.75, 3.05) is 13.1 Å². The van der Waals surface area contributed by atoms with Gasteiger partial charge < -0.3 is 14.8 Å². The van der Waals surface area contributed by atoms with E-state index in [4.69, 9.17) is 0 Å². The van der Waals surface area contributed by atoms with Gasteiger partial charge in [0.1, 0.15) is 11.1 Å². The van der Waals surface area contributed by atoms with Crippen LogP contribution in [0.2, 0.25) is 0 Å². The highest BCUT2D eigenvalue weighted by Gasteiger charge is 2.27. The fourth-order valence-corrected chi connectivity index (χ4v) is 4.75. The van der Waals surface area contributed by atoms with Gasteiger partial charge in [0, 0.05) is 37.6 Å². The molecule has 1 atom stereocenters. The van der Waals surface area contributed by atoms with Crippen LogP contribution in [-0.4, -0.2) is 40.4 Å². The minimum absolute atomic E-state index is 0.0405. The molecule has 1 N–H and O–H groups in total. The number of hydrogen-bond donors (Lipinski definition) is 1. The van der Waals surface area contributed by atoms with E-state index in [0.717, 1.165) is 44.9 Å². The van der Waals surface area contributed by atoms with Crippen molar-refractivity contribution in [1.82, 2.24) is 14.8 Å². The van der Waals surface area contributed by atoms with Crippen LogP contribution >= 0.6 is 0 Å². The molecule has 2 aliphatic rings. The Hall–Kier alpha value is -2.89. The molecule has 1 aromatic carbocycles. The molecule has 0 saturated carbocycles. The number of hydrogen-bond acceptors (Lipinski definition) is 3. The summed E-state index contributed by atoms with van der Waals surface area (Å²) in [6.45, 7) is 5.41. The first kappa shape index (κ1) is 22.3. The van der Waals surface area contributed by atoms with E-state index in [1.165, 1.54) is 11.1 Å². The Kier molecular flexibility index (Phi) is 6.77. The largest absolute Gasteiger partial charge is 0.350 e. The predicted octanol–water partition coefficient (Wildman–Crippen LogP) is 3.73. The lowest BCUT2D eigenvalue weighted by Crippen LogP contribution is -2.41. The third-order valence-corrected chi connectivity index (χ3v) is 6.90. The minimum Gasteiger partial charge on any atom is -0.350 e. The molecule has 0 spiro atoms. The summed E-state index contributed by atoms with van der Waals surface area (Å²) in [6.07, 6.45) is 9.72. The van der Waals surface area contributed by atoms with E-state index in [9.17, 15) is 14.4 Å². The zero-order valence-electron chi connectivity index (χ0n) is 19.1. The number of benzene rings is 1. The van der Waals surface area contributed by atoms with Gasteiger partial charge in [-0.15, -0.1) is 0 Å². The highest BCUT2D eigenvalue weighted by Crippen LogP contribution is 2.22. The van der Waals surface area contributed by atoms with E-state index in [1.54, 1.807) is 17.3 Å². The molecule has 0 bridgehead atoms. The molecule has 1 fully saturated rings. The lowest BCUT2D eigenvalue weighted by molar-refractivity contribution is 0.0759. The van der Waals surface area contributed by atoms with Crippen molar-refractivity contribution in [3.05, 3.63) is 69.1 Å². The van der Waals surface area contributed by atoms with Crippen LogP contribution < -0.4 is 10.7 Å². The Morgan fingerprint density at radius 2 is 1.59 bits per heavy atom. The lowest BCUT2D eigenvalue weighted by atomic mass is 10.1. The Morgan fingerprint density at radius 3 is 2.19 bits per heavy atom. The van der Waals surface area contributed by atoms with Crippen molar-refractivity contribution in [3.8, 4) is 0 Å². The number of aromatic nitrogens is 1. The number of nitrogens with zero attached hydrogens (tertiary/aromatic N) is 2. The maximum atomic E-state index is 13.3. The van der Waals surface area contributed by atoms with Crippen molar-refractivity contribution in [2.45, 2.75) is 70.9 Å². The standard InChI is InChI=1S/C26H33N3O3/c1-3-18(2)29-16-22(25(31)27-21-14-19-10-6-7-11-20(19)15-21)24(30)23(17-29)26(32)28-12-8-4-5-9-13-28/h6-7,10-11,16-18,21H,3-5,8-9,12-15H2,1-2H3,(H,27,31)/t18-/m1/s1. The third-order valence-electron chi connectivity index (χ3n) is 6.90. The zero-order valence-corrected chi connectivity index (χ0v) is 19.1. The average Bonchev–Trinajstić information content (AvgIpc) is 3.01. The monoisotopic (exact) mass is 435 g/mol. The number of pyridine rings is 1. The molecule has 1 aliphatic heterocycles. The second kappa shape index (κ2) is 9.72. The molecule has 4 rings (SSSR count). The molecule has 32 heavy (non-hydrogen) atoms. The first-order chi connectivity index (χ1) is 15.5. The molecular weight excluding hydrogens is 402 g/mol. The number of nitrogens with one attached hydrogen (secondary N) is 1. The smallest absolute Gasteiger partial charge is 0.259 e. The van der Waals surface area contributed by atoms with E-state index < -0.39 is 11.3 Å².